The van der Waals surface area contributed by atoms with E-state index in [0.29, 0.717) is 34.2 Å². The molecule has 1 aromatic carbocycles. The first-order valence-electron chi connectivity index (χ1n) is 13.8. The van der Waals surface area contributed by atoms with Crippen molar-refractivity contribution in [1.82, 2.24) is 24.5 Å². The third-order valence-corrected chi connectivity index (χ3v) is 6.61. The highest BCUT2D eigenvalue weighted by atomic mass is 19.3. The number of aromatic nitrogens is 5. The summed E-state index contributed by atoms with van der Waals surface area (Å²) in [7, 11) is 1.51. The molecule has 0 spiro atoms. The van der Waals surface area contributed by atoms with E-state index in [-0.39, 0.29) is 16.8 Å². The van der Waals surface area contributed by atoms with Gasteiger partial charge in [-0.2, -0.15) is 0 Å². The van der Waals surface area contributed by atoms with Crippen LogP contribution in [0.15, 0.2) is 59.8 Å². The molecular weight excluding hydrogens is 579 g/mol. The molecule has 3 aromatic heterocycles. The van der Waals surface area contributed by atoms with E-state index in [1.165, 1.54) is 43.1 Å². The van der Waals surface area contributed by atoms with Gasteiger partial charge in [0.2, 0.25) is 0 Å². The summed E-state index contributed by atoms with van der Waals surface area (Å²) in [6, 6.07) is 6.05. The van der Waals surface area contributed by atoms with Crippen LogP contribution in [0, 0.1) is 38.2 Å². The van der Waals surface area contributed by atoms with Crippen LogP contribution in [0.1, 0.15) is 61.4 Å². The Labute approximate surface area is 252 Å². The second-order valence-electron chi connectivity index (χ2n) is 9.64. The Morgan fingerprint density at radius 3 is 2.16 bits per heavy atom. The van der Waals surface area contributed by atoms with Crippen LogP contribution >= 0.6 is 0 Å². The number of nitrogens with one attached hydrogen (secondary N) is 1. The molecule has 1 N–H and O–H groups in total. The average Bonchev–Trinajstić information content (AvgIpc) is 2.98. The van der Waals surface area contributed by atoms with Crippen molar-refractivity contribution in [2.45, 2.75) is 54.0 Å². The minimum atomic E-state index is -3.30. The Morgan fingerprint density at radius 2 is 1.55 bits per heavy atom. The lowest BCUT2D eigenvalue weighted by Gasteiger charge is -2.19. The molecule has 0 saturated heterocycles. The molecule has 7 nitrogen and oxygen atoms in total. The summed E-state index contributed by atoms with van der Waals surface area (Å²) in [6.45, 7) is 10.6. The van der Waals surface area contributed by atoms with E-state index in [4.69, 9.17) is 0 Å². The van der Waals surface area contributed by atoms with Crippen molar-refractivity contribution in [1.29, 1.82) is 0 Å². The molecule has 0 radical (unpaired) electrons. The summed E-state index contributed by atoms with van der Waals surface area (Å²) in [5.74, 6) is -2.86. The van der Waals surface area contributed by atoms with Crippen molar-refractivity contribution in [2.75, 3.05) is 5.32 Å². The summed E-state index contributed by atoms with van der Waals surface area (Å²) in [6.07, 6.45) is 1.36. The Balaban J connectivity index is 0.00000259. The van der Waals surface area contributed by atoms with E-state index in [0.717, 1.165) is 24.3 Å². The number of benzene rings is 1. The number of nitrogens with zero attached hydrogens (tertiary/aromatic N) is 5. The quantitative estimate of drug-likeness (QED) is 0.223. The van der Waals surface area contributed by atoms with Gasteiger partial charge in [0, 0.05) is 48.5 Å². The van der Waals surface area contributed by atoms with E-state index in [1.54, 1.807) is 20.0 Å². The number of alkyl halides is 2. The van der Waals surface area contributed by atoms with E-state index in [1.807, 2.05) is 20.8 Å². The maximum Gasteiger partial charge on any atom is 0.268 e. The van der Waals surface area contributed by atoms with Crippen LogP contribution in [0.4, 0.5) is 27.6 Å². The lowest BCUT2D eigenvalue weighted by Crippen LogP contribution is -2.19. The molecule has 232 valence electrons. The van der Waals surface area contributed by atoms with Gasteiger partial charge in [-0.25, -0.2) is 41.9 Å². The highest BCUT2D eigenvalue weighted by molar-refractivity contribution is 5.62. The van der Waals surface area contributed by atoms with Crippen LogP contribution in [-0.2, 0) is 7.05 Å². The van der Waals surface area contributed by atoms with Crippen LogP contribution in [-0.4, -0.2) is 24.5 Å². The molecule has 1 atom stereocenters. The molecular formula is C32H33F5N6O. The molecule has 12 heteroatoms. The van der Waals surface area contributed by atoms with Gasteiger partial charge in [0.15, 0.2) is 17.5 Å². The molecule has 0 fully saturated rings. The zero-order chi connectivity index (χ0) is 32.7. The summed E-state index contributed by atoms with van der Waals surface area (Å²) in [5.41, 5.74) is 0.534. The van der Waals surface area contributed by atoms with E-state index in [9.17, 15) is 26.7 Å². The lowest BCUT2D eigenvalue weighted by molar-refractivity contribution is 0.146. The SMILES string of the molecule is CC.Cc1ncc(-c2ncc(-c3ccc([C@@H](C)Nc4ccc(F)c(F)c4C(F)F)cc(F)cc(C)c(=O)n3C)cn2)c(C)n1. The Morgan fingerprint density at radius 1 is 0.886 bits per heavy atom. The maximum atomic E-state index is 14.9. The van der Waals surface area contributed by atoms with Gasteiger partial charge in [-0.1, -0.05) is 19.9 Å². The van der Waals surface area contributed by atoms with Gasteiger partial charge in [0.05, 0.1) is 22.5 Å². The number of anilines is 1. The zero-order valence-electron chi connectivity index (χ0n) is 25.4. The fraction of sp³-hybridized carbons (Fsp3) is 0.281. The predicted molar refractivity (Wildman–Crippen MR) is 160 cm³/mol. The fourth-order valence-corrected chi connectivity index (χ4v) is 4.36. The summed E-state index contributed by atoms with van der Waals surface area (Å²) in [5, 5.41) is 2.72. The molecule has 4 rings (SSSR count). The first-order chi connectivity index (χ1) is 20.9. The van der Waals surface area contributed by atoms with Crippen LogP contribution in [0.3, 0.4) is 0 Å². The molecule has 3 heterocycles. The number of hydrogen-bond acceptors (Lipinski definition) is 6. The summed E-state index contributed by atoms with van der Waals surface area (Å²) < 4.78 is 71.2. The third-order valence-electron chi connectivity index (χ3n) is 6.61. The molecule has 0 saturated carbocycles. The smallest absolute Gasteiger partial charge is 0.268 e. The number of rotatable bonds is 6. The van der Waals surface area contributed by atoms with Crippen LogP contribution in [0.5, 0.6) is 0 Å². The van der Waals surface area contributed by atoms with Crippen molar-refractivity contribution >= 4 is 5.69 Å². The van der Waals surface area contributed by atoms with Gasteiger partial charge in [0.25, 0.3) is 12.0 Å². The molecule has 0 bridgehead atoms. The van der Waals surface area contributed by atoms with Crippen LogP contribution < -0.4 is 10.9 Å². The highest BCUT2D eigenvalue weighted by Crippen LogP contribution is 2.33. The standard InChI is InChI=1S/C30H27F5N6O.C2H6/c1-15-10-21(31)11-19(16(2)40-24-8-7-23(32)27(33)26(24)28(34)35)6-9-25(41(5)30(15)42)20-12-37-29(38-13-20)22-14-36-18(4)39-17(22)3;1-2/h6-14,16,28,40H,1-5H3;1-2H3/t16-;/m1./s1. The molecule has 44 heavy (non-hydrogen) atoms. The Kier molecular flexibility index (Phi) is 11.2. The highest BCUT2D eigenvalue weighted by Gasteiger charge is 2.23. The molecule has 0 aliphatic heterocycles. The number of hydrogen-bond donors (Lipinski definition) is 1. The first-order valence-corrected chi connectivity index (χ1v) is 13.8. The Bertz CT molecular complexity index is 1760. The normalized spacial score (nSPS) is 11.4. The van der Waals surface area contributed by atoms with Crippen LogP contribution in [0.25, 0.3) is 22.6 Å². The van der Waals surface area contributed by atoms with E-state index < -0.39 is 41.0 Å². The molecule has 4 aromatic rings. The fourth-order valence-electron chi connectivity index (χ4n) is 4.36. The first kappa shape index (κ1) is 33.8. The number of halogens is 5. The topological polar surface area (TPSA) is 85.6 Å². The Hall–Kier alpha value is -4.74. The largest absolute Gasteiger partial charge is 0.378 e. The monoisotopic (exact) mass is 612 g/mol. The van der Waals surface area contributed by atoms with Crippen molar-refractivity contribution in [2.24, 2.45) is 7.05 Å². The average molecular weight is 613 g/mol. The minimum absolute atomic E-state index is 0.0876. The molecule has 0 amide bonds. The van der Waals surface area contributed by atoms with Crippen molar-refractivity contribution < 1.29 is 22.0 Å². The molecule has 0 aliphatic rings. The van der Waals surface area contributed by atoms with Gasteiger partial charge in [-0.3, -0.25) is 4.79 Å². The predicted octanol–water partition coefficient (Wildman–Crippen LogP) is 7.90. The van der Waals surface area contributed by atoms with E-state index in [2.05, 4.69) is 25.3 Å². The third kappa shape index (κ3) is 7.61. The summed E-state index contributed by atoms with van der Waals surface area (Å²) >= 11 is 0. The van der Waals surface area contributed by atoms with Crippen molar-refractivity contribution in [3.05, 3.63) is 111 Å². The molecule has 0 unspecified atom stereocenters. The second-order valence-corrected chi connectivity index (χ2v) is 9.64. The summed E-state index contributed by atoms with van der Waals surface area (Å²) in [4.78, 5) is 30.4. The van der Waals surface area contributed by atoms with Crippen molar-refractivity contribution in [3.8, 4) is 22.6 Å². The maximum absolute atomic E-state index is 14.9. The van der Waals surface area contributed by atoms with Gasteiger partial charge < -0.3 is 9.88 Å². The lowest BCUT2D eigenvalue weighted by atomic mass is 10.1. The molecule has 0 aliphatic carbocycles. The van der Waals surface area contributed by atoms with E-state index >= 15 is 0 Å². The zero-order valence-corrected chi connectivity index (χ0v) is 25.4. The van der Waals surface area contributed by atoms with Gasteiger partial charge in [0.1, 0.15) is 11.6 Å². The number of aryl methyl sites for hydroxylation is 3. The van der Waals surface area contributed by atoms with Gasteiger partial charge in [-0.05, 0) is 63.6 Å². The second kappa shape index (κ2) is 14.6. The van der Waals surface area contributed by atoms with Gasteiger partial charge >= 0.3 is 0 Å². The van der Waals surface area contributed by atoms with Crippen LogP contribution in [0.2, 0.25) is 0 Å². The van der Waals surface area contributed by atoms with Crippen molar-refractivity contribution in [3.63, 3.8) is 0 Å². The van der Waals surface area contributed by atoms with Gasteiger partial charge in [-0.15, -0.1) is 0 Å². The minimum Gasteiger partial charge on any atom is -0.378 e.